The third-order valence-corrected chi connectivity index (χ3v) is 5.76. The van der Waals surface area contributed by atoms with Crippen molar-refractivity contribution in [2.45, 2.75) is 18.4 Å². The van der Waals surface area contributed by atoms with E-state index in [1.165, 1.54) is 18.2 Å². The highest BCUT2D eigenvalue weighted by atomic mass is 35.5. The van der Waals surface area contributed by atoms with Crippen LogP contribution in [-0.4, -0.2) is 20.6 Å². The molecule has 3 aromatic rings. The number of halogens is 1. The van der Waals surface area contributed by atoms with E-state index in [1.807, 2.05) is 31.2 Å². The van der Waals surface area contributed by atoms with Crippen molar-refractivity contribution >= 4 is 40.8 Å². The molecular formula is C19H15ClN4O3S. The molecule has 1 aromatic heterocycles. The number of nitro groups is 1. The molecule has 0 unspecified atom stereocenters. The topological polar surface area (TPSA) is 90.1 Å². The van der Waals surface area contributed by atoms with Gasteiger partial charge in [0.25, 0.3) is 11.6 Å². The van der Waals surface area contributed by atoms with Gasteiger partial charge in [0, 0.05) is 28.7 Å². The predicted octanol–water partition coefficient (Wildman–Crippen LogP) is 4.74. The van der Waals surface area contributed by atoms with Crippen LogP contribution in [0.25, 0.3) is 5.69 Å². The van der Waals surface area contributed by atoms with Crippen molar-refractivity contribution in [3.05, 3.63) is 80.0 Å². The van der Waals surface area contributed by atoms with Crippen LogP contribution in [0.2, 0.25) is 5.02 Å². The number of aryl methyl sites for hydroxylation is 1. The average Bonchev–Trinajstić information content (AvgIpc) is 3.25. The van der Waals surface area contributed by atoms with Crippen molar-refractivity contribution in [3.8, 4) is 5.69 Å². The Kier molecular flexibility index (Phi) is 4.82. The zero-order valence-electron chi connectivity index (χ0n) is 14.8. The average molecular weight is 415 g/mol. The molecule has 0 radical (unpaired) electrons. The number of nitrogens with zero attached hydrogens (tertiary/aromatic N) is 3. The second-order valence-electron chi connectivity index (χ2n) is 6.39. The number of anilines is 1. The van der Waals surface area contributed by atoms with Gasteiger partial charge in [-0.3, -0.25) is 14.9 Å². The van der Waals surface area contributed by atoms with Gasteiger partial charge in [0.2, 0.25) is 0 Å². The summed E-state index contributed by atoms with van der Waals surface area (Å²) in [5.74, 6) is 1.67. The number of carbonyl (C=O) groups is 1. The molecule has 1 aliphatic rings. The Labute approximate surface area is 169 Å². The zero-order chi connectivity index (χ0) is 19.8. The maximum Gasteiger partial charge on any atom is 0.288 e. The summed E-state index contributed by atoms with van der Waals surface area (Å²) < 4.78 is 1.71. The SMILES string of the molecule is Cc1ccc(-n2nc3c(c2NC(=O)c2ccc(Cl)c([N+](=O)[O-])c2)CSC3)cc1. The lowest BCUT2D eigenvalue weighted by Crippen LogP contribution is -2.16. The molecule has 9 heteroatoms. The summed E-state index contributed by atoms with van der Waals surface area (Å²) in [6.45, 7) is 2.00. The summed E-state index contributed by atoms with van der Waals surface area (Å²) in [7, 11) is 0. The van der Waals surface area contributed by atoms with Gasteiger partial charge >= 0.3 is 0 Å². The number of thioether (sulfide) groups is 1. The fourth-order valence-corrected chi connectivity index (χ4v) is 4.21. The van der Waals surface area contributed by atoms with E-state index in [0.717, 1.165) is 34.0 Å². The number of aromatic nitrogens is 2. The standard InChI is InChI=1S/C19H15ClN4O3S/c1-11-2-5-13(6-3-11)23-18(14-9-28-10-16(14)22-23)21-19(25)12-4-7-15(20)17(8-12)24(26)27/h2-8H,9-10H2,1H3,(H,21,25). The third kappa shape index (κ3) is 3.36. The summed E-state index contributed by atoms with van der Waals surface area (Å²) in [6.07, 6.45) is 0. The number of nitrogens with one attached hydrogen (secondary N) is 1. The molecule has 4 rings (SSSR count). The van der Waals surface area contributed by atoms with Crippen LogP contribution < -0.4 is 5.32 Å². The van der Waals surface area contributed by atoms with E-state index in [2.05, 4.69) is 10.4 Å². The highest BCUT2D eigenvalue weighted by Gasteiger charge is 2.25. The molecule has 7 nitrogen and oxygen atoms in total. The minimum absolute atomic E-state index is 0.0106. The summed E-state index contributed by atoms with van der Waals surface area (Å²) in [5.41, 5.74) is 3.72. The molecule has 0 saturated carbocycles. The number of rotatable bonds is 4. The monoisotopic (exact) mass is 414 g/mol. The molecular weight excluding hydrogens is 400 g/mol. The van der Waals surface area contributed by atoms with Crippen LogP contribution >= 0.6 is 23.4 Å². The lowest BCUT2D eigenvalue weighted by atomic mass is 10.2. The van der Waals surface area contributed by atoms with Crippen LogP contribution in [0.15, 0.2) is 42.5 Å². The van der Waals surface area contributed by atoms with Crippen molar-refractivity contribution in [2.24, 2.45) is 0 Å². The highest BCUT2D eigenvalue weighted by molar-refractivity contribution is 7.98. The molecule has 0 spiro atoms. The number of amides is 1. The van der Waals surface area contributed by atoms with E-state index in [9.17, 15) is 14.9 Å². The van der Waals surface area contributed by atoms with Gasteiger partial charge in [-0.2, -0.15) is 16.9 Å². The molecule has 0 bridgehead atoms. The Morgan fingerprint density at radius 2 is 2.00 bits per heavy atom. The van der Waals surface area contributed by atoms with Crippen molar-refractivity contribution < 1.29 is 9.72 Å². The molecule has 28 heavy (non-hydrogen) atoms. The van der Waals surface area contributed by atoms with Gasteiger partial charge in [-0.25, -0.2) is 4.68 Å². The lowest BCUT2D eigenvalue weighted by Gasteiger charge is -2.11. The Morgan fingerprint density at radius 1 is 1.25 bits per heavy atom. The van der Waals surface area contributed by atoms with Gasteiger partial charge in [-0.1, -0.05) is 29.3 Å². The highest BCUT2D eigenvalue weighted by Crippen LogP contribution is 2.36. The van der Waals surface area contributed by atoms with Crippen LogP contribution in [0.4, 0.5) is 11.5 Å². The van der Waals surface area contributed by atoms with Crippen LogP contribution in [0.3, 0.4) is 0 Å². The minimum atomic E-state index is -0.607. The van der Waals surface area contributed by atoms with Crippen molar-refractivity contribution in [1.82, 2.24) is 9.78 Å². The first kappa shape index (κ1) is 18.5. The van der Waals surface area contributed by atoms with Crippen LogP contribution in [0.1, 0.15) is 27.2 Å². The van der Waals surface area contributed by atoms with Gasteiger partial charge in [0.05, 0.1) is 16.3 Å². The number of hydrogen-bond acceptors (Lipinski definition) is 5. The maximum absolute atomic E-state index is 12.8. The smallest absolute Gasteiger partial charge is 0.288 e. The fourth-order valence-electron chi connectivity index (χ4n) is 2.99. The van der Waals surface area contributed by atoms with E-state index >= 15 is 0 Å². The largest absolute Gasteiger partial charge is 0.306 e. The quantitative estimate of drug-likeness (QED) is 0.491. The van der Waals surface area contributed by atoms with Gasteiger partial charge in [0.1, 0.15) is 10.8 Å². The number of fused-ring (bicyclic) bond motifs is 1. The molecule has 142 valence electrons. The molecule has 1 amide bonds. The van der Waals surface area contributed by atoms with E-state index in [4.69, 9.17) is 11.6 Å². The summed E-state index contributed by atoms with van der Waals surface area (Å²) in [4.78, 5) is 23.3. The van der Waals surface area contributed by atoms with Gasteiger partial charge < -0.3 is 5.32 Å². The normalized spacial score (nSPS) is 12.6. The summed E-state index contributed by atoms with van der Waals surface area (Å²) in [5, 5.41) is 18.6. The molecule has 0 atom stereocenters. The van der Waals surface area contributed by atoms with E-state index < -0.39 is 10.8 Å². The maximum atomic E-state index is 12.8. The third-order valence-electron chi connectivity index (χ3n) is 4.47. The summed E-state index contributed by atoms with van der Waals surface area (Å²) >= 11 is 7.57. The van der Waals surface area contributed by atoms with Crippen LogP contribution in [0.5, 0.6) is 0 Å². The van der Waals surface area contributed by atoms with Crippen LogP contribution in [0, 0.1) is 17.0 Å². The van der Waals surface area contributed by atoms with Gasteiger partial charge in [0.15, 0.2) is 0 Å². The van der Waals surface area contributed by atoms with E-state index in [0.29, 0.717) is 5.82 Å². The van der Waals surface area contributed by atoms with E-state index in [-0.39, 0.29) is 16.3 Å². The van der Waals surface area contributed by atoms with Crippen molar-refractivity contribution in [1.29, 1.82) is 0 Å². The predicted molar refractivity (Wildman–Crippen MR) is 109 cm³/mol. The Balaban J connectivity index is 1.72. The molecule has 0 saturated heterocycles. The van der Waals surface area contributed by atoms with E-state index in [1.54, 1.807) is 16.4 Å². The Morgan fingerprint density at radius 3 is 2.71 bits per heavy atom. The number of carbonyl (C=O) groups excluding carboxylic acids is 1. The second kappa shape index (κ2) is 7.29. The second-order valence-corrected chi connectivity index (χ2v) is 7.78. The minimum Gasteiger partial charge on any atom is -0.306 e. The number of hydrogen-bond donors (Lipinski definition) is 1. The lowest BCUT2D eigenvalue weighted by molar-refractivity contribution is -0.384. The van der Waals surface area contributed by atoms with Crippen molar-refractivity contribution in [2.75, 3.05) is 5.32 Å². The number of benzene rings is 2. The Bertz CT molecular complexity index is 1100. The molecule has 0 aliphatic carbocycles. The first-order chi connectivity index (χ1) is 13.4. The summed E-state index contributed by atoms with van der Waals surface area (Å²) in [6, 6.07) is 11.8. The first-order valence-corrected chi connectivity index (χ1v) is 9.98. The fraction of sp³-hybridized carbons (Fsp3) is 0.158. The molecule has 2 aromatic carbocycles. The van der Waals surface area contributed by atoms with Gasteiger partial charge in [-0.15, -0.1) is 0 Å². The molecule has 0 fully saturated rings. The molecule has 1 N–H and O–H groups in total. The van der Waals surface area contributed by atoms with Crippen molar-refractivity contribution in [3.63, 3.8) is 0 Å². The Hall–Kier alpha value is -2.84. The molecule has 2 heterocycles. The number of nitro benzene ring substituents is 1. The van der Waals surface area contributed by atoms with Crippen LogP contribution in [-0.2, 0) is 11.5 Å². The first-order valence-electron chi connectivity index (χ1n) is 8.45. The molecule has 1 aliphatic heterocycles. The van der Waals surface area contributed by atoms with Gasteiger partial charge in [-0.05, 0) is 31.2 Å². The zero-order valence-corrected chi connectivity index (χ0v) is 16.4.